The Bertz CT molecular complexity index is 222. The molecule has 1 aliphatic carbocycles. The first-order chi connectivity index (χ1) is 8.09. The maximum absolute atomic E-state index is 11.6. The van der Waals surface area contributed by atoms with Crippen molar-refractivity contribution in [1.29, 1.82) is 0 Å². The van der Waals surface area contributed by atoms with E-state index in [4.69, 9.17) is 0 Å². The molecular formula is C14H28N2O. The van der Waals surface area contributed by atoms with E-state index in [1.807, 2.05) is 0 Å². The average molecular weight is 240 g/mol. The Morgan fingerprint density at radius 3 is 2.47 bits per heavy atom. The van der Waals surface area contributed by atoms with Gasteiger partial charge in [0.1, 0.15) is 0 Å². The third-order valence-corrected chi connectivity index (χ3v) is 3.74. The second kappa shape index (κ2) is 7.70. The Labute approximate surface area is 106 Å². The lowest BCUT2D eigenvalue weighted by molar-refractivity contribution is -0.120. The van der Waals surface area contributed by atoms with Gasteiger partial charge in [-0.25, -0.2) is 0 Å². The molecule has 0 radical (unpaired) electrons. The maximum Gasteiger partial charge on any atom is 0.233 e. The lowest BCUT2D eigenvalue weighted by atomic mass is 10.00. The number of rotatable bonds is 7. The van der Waals surface area contributed by atoms with Gasteiger partial charge in [0.2, 0.25) is 5.91 Å². The van der Waals surface area contributed by atoms with Crippen LogP contribution < -0.4 is 10.6 Å². The number of amides is 1. The summed E-state index contributed by atoms with van der Waals surface area (Å²) in [6, 6.07) is 0.480. The van der Waals surface area contributed by atoms with E-state index in [-0.39, 0.29) is 5.91 Å². The minimum absolute atomic E-state index is 0.135. The summed E-state index contributed by atoms with van der Waals surface area (Å²) in [5.74, 6) is 1.56. The molecule has 0 aromatic carbocycles. The highest BCUT2D eigenvalue weighted by Gasteiger charge is 2.21. The largest absolute Gasteiger partial charge is 0.355 e. The predicted octanol–water partition coefficient (Wildman–Crippen LogP) is 2.32. The number of hydrogen-bond acceptors (Lipinski definition) is 2. The number of nitrogens with one attached hydrogen (secondary N) is 2. The van der Waals surface area contributed by atoms with Crippen LogP contribution in [0.2, 0.25) is 0 Å². The normalized spacial score (nSPS) is 18.6. The van der Waals surface area contributed by atoms with Crippen LogP contribution in [0.25, 0.3) is 0 Å². The van der Waals surface area contributed by atoms with Crippen molar-refractivity contribution in [1.82, 2.24) is 10.6 Å². The first-order valence-electron chi connectivity index (χ1n) is 7.09. The average Bonchev–Trinajstić information content (AvgIpc) is 2.78. The molecule has 1 rings (SSSR count). The second-order valence-electron chi connectivity index (χ2n) is 5.75. The monoisotopic (exact) mass is 240 g/mol. The highest BCUT2D eigenvalue weighted by molar-refractivity contribution is 5.77. The molecule has 0 heterocycles. The van der Waals surface area contributed by atoms with E-state index in [0.29, 0.717) is 18.5 Å². The molecule has 2 N–H and O–H groups in total. The third-order valence-electron chi connectivity index (χ3n) is 3.74. The van der Waals surface area contributed by atoms with Gasteiger partial charge in [-0.1, -0.05) is 26.7 Å². The van der Waals surface area contributed by atoms with E-state index < -0.39 is 0 Å². The number of carbonyl (C=O) groups excluding carboxylic acids is 1. The van der Waals surface area contributed by atoms with E-state index in [9.17, 15) is 4.79 Å². The smallest absolute Gasteiger partial charge is 0.233 e. The van der Waals surface area contributed by atoms with Crippen molar-refractivity contribution >= 4 is 5.91 Å². The van der Waals surface area contributed by atoms with Gasteiger partial charge >= 0.3 is 0 Å². The molecule has 3 nitrogen and oxygen atoms in total. The standard InChI is InChI=1S/C14H28N2O/c1-11(2)8-9-15-14(17)10-16-12(3)13-6-4-5-7-13/h11-13,16H,4-10H2,1-3H3,(H,15,17)/t12-/m0/s1. The molecule has 0 saturated heterocycles. The van der Waals surface area contributed by atoms with Gasteiger partial charge in [-0.2, -0.15) is 0 Å². The van der Waals surface area contributed by atoms with E-state index in [2.05, 4.69) is 31.4 Å². The quantitative estimate of drug-likeness (QED) is 0.717. The Morgan fingerprint density at radius 2 is 1.88 bits per heavy atom. The van der Waals surface area contributed by atoms with Crippen LogP contribution in [0.15, 0.2) is 0 Å². The molecule has 0 aliphatic heterocycles. The summed E-state index contributed by atoms with van der Waals surface area (Å²) in [6.45, 7) is 7.82. The fourth-order valence-electron chi connectivity index (χ4n) is 2.44. The highest BCUT2D eigenvalue weighted by Crippen LogP contribution is 2.27. The Hall–Kier alpha value is -0.570. The Balaban J connectivity index is 2.06. The summed E-state index contributed by atoms with van der Waals surface area (Å²) in [7, 11) is 0. The Morgan fingerprint density at radius 1 is 1.24 bits per heavy atom. The molecule has 0 unspecified atom stereocenters. The van der Waals surface area contributed by atoms with Gasteiger partial charge in [0, 0.05) is 12.6 Å². The molecular weight excluding hydrogens is 212 g/mol. The van der Waals surface area contributed by atoms with Gasteiger partial charge in [-0.05, 0) is 38.0 Å². The van der Waals surface area contributed by atoms with Gasteiger partial charge in [-0.3, -0.25) is 4.79 Å². The summed E-state index contributed by atoms with van der Waals surface area (Å²) in [6.07, 6.45) is 6.42. The highest BCUT2D eigenvalue weighted by atomic mass is 16.1. The van der Waals surface area contributed by atoms with E-state index >= 15 is 0 Å². The molecule has 3 heteroatoms. The van der Waals surface area contributed by atoms with E-state index in [1.54, 1.807) is 0 Å². The molecule has 17 heavy (non-hydrogen) atoms. The lowest BCUT2D eigenvalue weighted by Gasteiger charge is -2.20. The van der Waals surface area contributed by atoms with Crippen LogP contribution in [-0.2, 0) is 4.79 Å². The van der Waals surface area contributed by atoms with Crippen molar-refractivity contribution in [2.24, 2.45) is 11.8 Å². The van der Waals surface area contributed by atoms with Gasteiger partial charge in [0.05, 0.1) is 6.54 Å². The molecule has 1 fully saturated rings. The van der Waals surface area contributed by atoms with Crippen LogP contribution in [0.3, 0.4) is 0 Å². The molecule has 0 spiro atoms. The fourth-order valence-corrected chi connectivity index (χ4v) is 2.44. The third kappa shape index (κ3) is 6.06. The summed E-state index contributed by atoms with van der Waals surface area (Å²) in [4.78, 5) is 11.6. The first-order valence-corrected chi connectivity index (χ1v) is 7.09. The van der Waals surface area contributed by atoms with Crippen molar-refractivity contribution < 1.29 is 4.79 Å². The SMILES string of the molecule is CC(C)CCNC(=O)CN[C@@H](C)C1CCCC1. The fraction of sp³-hybridized carbons (Fsp3) is 0.929. The zero-order valence-electron chi connectivity index (χ0n) is 11.6. The molecule has 1 atom stereocenters. The van der Waals surface area contributed by atoms with Gasteiger partial charge in [0.25, 0.3) is 0 Å². The van der Waals surface area contributed by atoms with E-state index in [1.165, 1.54) is 25.7 Å². The zero-order chi connectivity index (χ0) is 12.7. The second-order valence-corrected chi connectivity index (χ2v) is 5.75. The number of carbonyl (C=O) groups is 1. The minimum Gasteiger partial charge on any atom is -0.355 e. The number of hydrogen-bond donors (Lipinski definition) is 2. The molecule has 1 amide bonds. The van der Waals surface area contributed by atoms with Crippen LogP contribution >= 0.6 is 0 Å². The van der Waals surface area contributed by atoms with E-state index in [0.717, 1.165) is 18.9 Å². The van der Waals surface area contributed by atoms with Crippen LogP contribution in [0.5, 0.6) is 0 Å². The molecule has 0 bridgehead atoms. The molecule has 0 aromatic heterocycles. The van der Waals surface area contributed by atoms with Crippen LogP contribution in [0.1, 0.15) is 52.9 Å². The van der Waals surface area contributed by atoms with Gasteiger partial charge in [-0.15, -0.1) is 0 Å². The van der Waals surface area contributed by atoms with Crippen molar-refractivity contribution in [3.63, 3.8) is 0 Å². The maximum atomic E-state index is 11.6. The molecule has 0 aromatic rings. The van der Waals surface area contributed by atoms with Crippen molar-refractivity contribution in [2.75, 3.05) is 13.1 Å². The summed E-state index contributed by atoms with van der Waals surface area (Å²) in [5, 5.41) is 6.31. The van der Waals surface area contributed by atoms with Crippen molar-refractivity contribution in [3.05, 3.63) is 0 Å². The zero-order valence-corrected chi connectivity index (χ0v) is 11.6. The Kier molecular flexibility index (Phi) is 6.56. The summed E-state index contributed by atoms with van der Waals surface area (Å²) in [5.41, 5.74) is 0. The molecule has 100 valence electrons. The van der Waals surface area contributed by atoms with Gasteiger partial charge in [0.15, 0.2) is 0 Å². The summed E-state index contributed by atoms with van der Waals surface area (Å²) >= 11 is 0. The van der Waals surface area contributed by atoms with Crippen LogP contribution in [-0.4, -0.2) is 25.0 Å². The van der Waals surface area contributed by atoms with Crippen molar-refractivity contribution in [3.8, 4) is 0 Å². The topological polar surface area (TPSA) is 41.1 Å². The molecule has 1 aliphatic rings. The van der Waals surface area contributed by atoms with Crippen LogP contribution in [0, 0.1) is 11.8 Å². The minimum atomic E-state index is 0.135. The predicted molar refractivity (Wildman–Crippen MR) is 71.9 cm³/mol. The first kappa shape index (κ1) is 14.5. The lowest BCUT2D eigenvalue weighted by Crippen LogP contribution is -2.41. The van der Waals surface area contributed by atoms with Crippen molar-refractivity contribution in [2.45, 2.75) is 58.9 Å². The summed E-state index contributed by atoms with van der Waals surface area (Å²) < 4.78 is 0. The van der Waals surface area contributed by atoms with Crippen LogP contribution in [0.4, 0.5) is 0 Å². The van der Waals surface area contributed by atoms with Gasteiger partial charge < -0.3 is 10.6 Å². The molecule has 1 saturated carbocycles.